The molecule has 1 aromatic rings. The van der Waals surface area contributed by atoms with Crippen molar-refractivity contribution < 1.29 is 9.18 Å². The van der Waals surface area contributed by atoms with Crippen molar-refractivity contribution in [2.24, 2.45) is 5.41 Å². The van der Waals surface area contributed by atoms with E-state index in [0.29, 0.717) is 17.7 Å². The third kappa shape index (κ3) is 5.31. The Balaban J connectivity index is 2.57. The lowest BCUT2D eigenvalue weighted by atomic mass is 9.88. The van der Waals surface area contributed by atoms with Crippen LogP contribution in [-0.2, 0) is 0 Å². The highest BCUT2D eigenvalue weighted by Crippen LogP contribution is 2.21. The van der Waals surface area contributed by atoms with E-state index in [1.165, 1.54) is 6.07 Å². The standard InChI is InChI=1S/C15H21BrFNO/c1-11-5-6-12(9-13(11)17)14(19)18-10-15(2,3)7-4-8-16/h5-6,9H,4,7-8,10H2,1-3H3,(H,18,19). The summed E-state index contributed by atoms with van der Waals surface area (Å²) in [7, 11) is 0. The van der Waals surface area contributed by atoms with Crippen molar-refractivity contribution in [2.75, 3.05) is 11.9 Å². The van der Waals surface area contributed by atoms with Crippen molar-refractivity contribution in [3.63, 3.8) is 0 Å². The summed E-state index contributed by atoms with van der Waals surface area (Å²) in [6.45, 7) is 6.51. The van der Waals surface area contributed by atoms with Gasteiger partial charge in [-0.15, -0.1) is 0 Å². The quantitative estimate of drug-likeness (QED) is 0.783. The van der Waals surface area contributed by atoms with E-state index < -0.39 is 0 Å². The Morgan fingerprint density at radius 2 is 2.11 bits per heavy atom. The molecule has 0 bridgehead atoms. The van der Waals surface area contributed by atoms with Crippen molar-refractivity contribution in [3.8, 4) is 0 Å². The molecule has 0 saturated heterocycles. The maximum atomic E-state index is 13.4. The van der Waals surface area contributed by atoms with Crippen LogP contribution in [0.3, 0.4) is 0 Å². The molecular weight excluding hydrogens is 309 g/mol. The van der Waals surface area contributed by atoms with Crippen LogP contribution in [0.1, 0.15) is 42.6 Å². The van der Waals surface area contributed by atoms with Gasteiger partial charge in [0, 0.05) is 17.4 Å². The minimum Gasteiger partial charge on any atom is -0.352 e. The summed E-state index contributed by atoms with van der Waals surface area (Å²) < 4.78 is 13.4. The number of hydrogen-bond acceptors (Lipinski definition) is 1. The van der Waals surface area contributed by atoms with Crippen LogP contribution in [0.15, 0.2) is 18.2 Å². The zero-order chi connectivity index (χ0) is 14.5. The molecule has 1 aromatic carbocycles. The minimum absolute atomic E-state index is 0.0483. The molecule has 0 aliphatic heterocycles. The molecule has 1 N–H and O–H groups in total. The Kier molecular flexibility index (Phi) is 5.98. The van der Waals surface area contributed by atoms with Crippen LogP contribution in [-0.4, -0.2) is 17.8 Å². The van der Waals surface area contributed by atoms with Crippen molar-refractivity contribution in [2.45, 2.75) is 33.6 Å². The summed E-state index contributed by atoms with van der Waals surface area (Å²) in [6, 6.07) is 4.57. The monoisotopic (exact) mass is 329 g/mol. The first-order chi connectivity index (χ1) is 8.85. The molecule has 0 fully saturated rings. The second-order valence-electron chi connectivity index (χ2n) is 5.60. The van der Waals surface area contributed by atoms with E-state index in [2.05, 4.69) is 35.1 Å². The van der Waals surface area contributed by atoms with E-state index >= 15 is 0 Å². The van der Waals surface area contributed by atoms with Gasteiger partial charge in [-0.3, -0.25) is 4.79 Å². The molecule has 106 valence electrons. The Morgan fingerprint density at radius 1 is 1.42 bits per heavy atom. The topological polar surface area (TPSA) is 29.1 Å². The fourth-order valence-corrected chi connectivity index (χ4v) is 2.07. The highest BCUT2D eigenvalue weighted by molar-refractivity contribution is 9.09. The van der Waals surface area contributed by atoms with Gasteiger partial charge < -0.3 is 5.32 Å². The molecule has 2 nitrogen and oxygen atoms in total. The van der Waals surface area contributed by atoms with Crippen LogP contribution in [0.2, 0.25) is 0 Å². The maximum absolute atomic E-state index is 13.4. The van der Waals surface area contributed by atoms with Crippen molar-refractivity contribution >= 4 is 21.8 Å². The number of carbonyl (C=O) groups excluding carboxylic acids is 1. The van der Waals surface area contributed by atoms with Gasteiger partial charge in [-0.05, 0) is 42.9 Å². The fourth-order valence-electron chi connectivity index (χ4n) is 1.79. The number of hydrogen-bond donors (Lipinski definition) is 1. The molecule has 1 amide bonds. The van der Waals surface area contributed by atoms with Crippen LogP contribution in [0, 0.1) is 18.2 Å². The number of carbonyl (C=O) groups is 1. The molecule has 0 saturated carbocycles. The number of rotatable bonds is 6. The Hall–Kier alpha value is -0.900. The minimum atomic E-state index is -0.341. The van der Waals surface area contributed by atoms with E-state index in [9.17, 15) is 9.18 Å². The zero-order valence-electron chi connectivity index (χ0n) is 11.7. The summed E-state index contributed by atoms with van der Waals surface area (Å²) in [5.74, 6) is -0.558. The first-order valence-corrected chi connectivity index (χ1v) is 7.58. The predicted octanol–water partition coefficient (Wildman–Crippen LogP) is 4.07. The smallest absolute Gasteiger partial charge is 0.251 e. The summed E-state index contributed by atoms with van der Waals surface area (Å²) in [5.41, 5.74) is 0.973. The largest absolute Gasteiger partial charge is 0.352 e. The molecule has 0 radical (unpaired) electrons. The third-order valence-electron chi connectivity index (χ3n) is 3.15. The molecule has 1 rings (SSSR count). The van der Waals surface area contributed by atoms with Crippen molar-refractivity contribution in [1.29, 1.82) is 0 Å². The van der Waals surface area contributed by atoms with Gasteiger partial charge in [-0.2, -0.15) is 0 Å². The van der Waals surface area contributed by atoms with E-state index in [1.54, 1.807) is 19.1 Å². The molecular formula is C15H21BrFNO. The molecule has 0 aliphatic rings. The third-order valence-corrected chi connectivity index (χ3v) is 3.71. The SMILES string of the molecule is Cc1ccc(C(=O)NCC(C)(C)CCCBr)cc1F. The Bertz CT molecular complexity index is 446. The molecule has 0 aromatic heterocycles. The molecule has 4 heteroatoms. The van der Waals surface area contributed by atoms with Crippen LogP contribution < -0.4 is 5.32 Å². The highest BCUT2D eigenvalue weighted by atomic mass is 79.9. The summed E-state index contributed by atoms with van der Waals surface area (Å²) in [5, 5.41) is 3.84. The summed E-state index contributed by atoms with van der Waals surface area (Å²) in [4.78, 5) is 11.9. The average molecular weight is 330 g/mol. The summed E-state index contributed by atoms with van der Waals surface area (Å²) >= 11 is 3.40. The fraction of sp³-hybridized carbons (Fsp3) is 0.533. The number of benzene rings is 1. The van der Waals surface area contributed by atoms with Gasteiger partial charge in [0.1, 0.15) is 5.82 Å². The first kappa shape index (κ1) is 16.2. The number of halogens is 2. The van der Waals surface area contributed by atoms with Crippen molar-refractivity contribution in [3.05, 3.63) is 35.1 Å². The van der Waals surface area contributed by atoms with Gasteiger partial charge in [0.25, 0.3) is 5.91 Å². The van der Waals surface area contributed by atoms with Crippen molar-refractivity contribution in [1.82, 2.24) is 5.32 Å². The number of aryl methyl sites for hydroxylation is 1. The van der Waals surface area contributed by atoms with Crippen LogP contribution >= 0.6 is 15.9 Å². The average Bonchev–Trinajstić information content (AvgIpc) is 2.37. The summed E-state index contributed by atoms with van der Waals surface area (Å²) in [6.07, 6.45) is 2.10. The zero-order valence-corrected chi connectivity index (χ0v) is 13.3. The molecule has 0 atom stereocenters. The number of amides is 1. The number of alkyl halides is 1. The lowest BCUT2D eigenvalue weighted by molar-refractivity contribution is 0.0934. The molecule has 0 spiro atoms. The molecule has 0 unspecified atom stereocenters. The second-order valence-corrected chi connectivity index (χ2v) is 6.40. The Labute approximate surface area is 122 Å². The highest BCUT2D eigenvalue weighted by Gasteiger charge is 2.18. The predicted molar refractivity (Wildman–Crippen MR) is 80.3 cm³/mol. The van der Waals surface area contributed by atoms with Gasteiger partial charge in [-0.1, -0.05) is 35.8 Å². The van der Waals surface area contributed by atoms with Gasteiger partial charge in [0.15, 0.2) is 0 Å². The molecule has 0 heterocycles. The second kappa shape index (κ2) is 7.04. The Morgan fingerprint density at radius 3 is 2.68 bits per heavy atom. The van der Waals surface area contributed by atoms with E-state index in [1.807, 2.05) is 0 Å². The van der Waals surface area contributed by atoms with Gasteiger partial charge in [0.2, 0.25) is 0 Å². The molecule has 0 aliphatic carbocycles. The maximum Gasteiger partial charge on any atom is 0.251 e. The molecule has 19 heavy (non-hydrogen) atoms. The van der Waals surface area contributed by atoms with Gasteiger partial charge in [-0.25, -0.2) is 4.39 Å². The van der Waals surface area contributed by atoms with E-state index in [0.717, 1.165) is 18.2 Å². The first-order valence-electron chi connectivity index (χ1n) is 6.46. The van der Waals surface area contributed by atoms with Crippen LogP contribution in [0.5, 0.6) is 0 Å². The van der Waals surface area contributed by atoms with Gasteiger partial charge >= 0.3 is 0 Å². The van der Waals surface area contributed by atoms with Gasteiger partial charge in [0.05, 0.1) is 0 Å². The van der Waals surface area contributed by atoms with E-state index in [4.69, 9.17) is 0 Å². The normalized spacial score (nSPS) is 11.4. The lowest BCUT2D eigenvalue weighted by Gasteiger charge is -2.24. The number of nitrogens with one attached hydrogen (secondary N) is 1. The van der Waals surface area contributed by atoms with Crippen LogP contribution in [0.4, 0.5) is 4.39 Å². The van der Waals surface area contributed by atoms with Crippen LogP contribution in [0.25, 0.3) is 0 Å². The lowest BCUT2D eigenvalue weighted by Crippen LogP contribution is -2.34. The van der Waals surface area contributed by atoms with E-state index in [-0.39, 0.29) is 17.1 Å².